The number of thiophene rings is 1. The minimum Gasteiger partial charge on any atom is -0.236 e. The molecule has 2 aromatic heterocycles. The summed E-state index contributed by atoms with van der Waals surface area (Å²) in [5, 5.41) is 1.74. The molecule has 0 fully saturated rings. The first kappa shape index (κ1) is 12.1. The van der Waals surface area contributed by atoms with Gasteiger partial charge in [0.15, 0.2) is 5.82 Å². The Morgan fingerprint density at radius 1 is 1.05 bits per heavy atom. The Bertz CT molecular complexity index is 775. The first-order valence-electron chi connectivity index (χ1n) is 5.57. The van der Waals surface area contributed by atoms with Crippen LogP contribution >= 0.6 is 11.3 Å². The van der Waals surface area contributed by atoms with Crippen LogP contribution in [0.2, 0.25) is 0 Å². The smallest absolute Gasteiger partial charge is 0.236 e. The number of hydrogen-bond donors (Lipinski definition) is 0. The summed E-state index contributed by atoms with van der Waals surface area (Å²) >= 11 is 1.20. The third-order valence-corrected chi connectivity index (χ3v) is 5.69. The molecule has 0 bridgehead atoms. The maximum atomic E-state index is 12.5. The lowest BCUT2D eigenvalue weighted by Crippen LogP contribution is -2.12. The van der Waals surface area contributed by atoms with Crippen LogP contribution in [0.5, 0.6) is 0 Å². The Morgan fingerprint density at radius 3 is 2.53 bits per heavy atom. The first-order valence-corrected chi connectivity index (χ1v) is 7.89. The zero-order chi connectivity index (χ0) is 13.3. The summed E-state index contributed by atoms with van der Waals surface area (Å²) in [5.74, 6) is 0.425. The maximum absolute atomic E-state index is 12.5. The van der Waals surface area contributed by atoms with Crippen molar-refractivity contribution in [1.29, 1.82) is 0 Å². The fourth-order valence-corrected chi connectivity index (χ4v) is 4.16. The van der Waals surface area contributed by atoms with Gasteiger partial charge >= 0.3 is 0 Å². The van der Waals surface area contributed by atoms with Gasteiger partial charge < -0.3 is 0 Å². The summed E-state index contributed by atoms with van der Waals surface area (Å²) in [5.41, 5.74) is 0.771. The van der Waals surface area contributed by atoms with Crippen LogP contribution in [0.25, 0.3) is 11.4 Å². The van der Waals surface area contributed by atoms with E-state index in [1.165, 1.54) is 27.7 Å². The lowest BCUT2D eigenvalue weighted by Gasteiger charge is -2.07. The topological polar surface area (TPSA) is 52.0 Å². The van der Waals surface area contributed by atoms with Crippen molar-refractivity contribution in [2.45, 2.75) is 4.21 Å². The molecule has 0 atom stereocenters. The maximum Gasteiger partial charge on any atom is 0.278 e. The molecule has 19 heavy (non-hydrogen) atoms. The molecule has 0 N–H and O–H groups in total. The summed E-state index contributed by atoms with van der Waals surface area (Å²) in [6.07, 6.45) is 2.96. The number of aromatic nitrogens is 2. The molecule has 4 nitrogen and oxygen atoms in total. The molecule has 0 unspecified atom stereocenters. The minimum atomic E-state index is -3.56. The highest BCUT2D eigenvalue weighted by Gasteiger charge is 2.21. The van der Waals surface area contributed by atoms with Crippen LogP contribution in [-0.4, -0.2) is 17.4 Å². The van der Waals surface area contributed by atoms with E-state index in [-0.39, 0.29) is 0 Å². The fraction of sp³-hybridized carbons (Fsp3) is 0. The van der Waals surface area contributed by atoms with E-state index in [1.54, 1.807) is 17.5 Å². The van der Waals surface area contributed by atoms with Gasteiger partial charge in [0.1, 0.15) is 4.21 Å². The van der Waals surface area contributed by atoms with Crippen LogP contribution in [0.15, 0.2) is 64.4 Å². The first-order chi connectivity index (χ1) is 9.19. The van der Waals surface area contributed by atoms with Crippen LogP contribution in [0.3, 0.4) is 0 Å². The summed E-state index contributed by atoms with van der Waals surface area (Å²) in [6, 6.07) is 12.6. The lowest BCUT2D eigenvalue weighted by atomic mass is 10.2. The van der Waals surface area contributed by atoms with E-state index in [9.17, 15) is 8.42 Å². The number of rotatable bonds is 3. The van der Waals surface area contributed by atoms with Crippen LogP contribution in [0.4, 0.5) is 0 Å². The van der Waals surface area contributed by atoms with Crippen LogP contribution in [0, 0.1) is 0 Å². The van der Waals surface area contributed by atoms with E-state index < -0.39 is 10.0 Å². The highest BCUT2D eigenvalue weighted by molar-refractivity contribution is 7.92. The van der Waals surface area contributed by atoms with Gasteiger partial charge in [-0.15, -0.1) is 11.3 Å². The second-order valence-electron chi connectivity index (χ2n) is 3.85. The van der Waals surface area contributed by atoms with Gasteiger partial charge in [-0.05, 0) is 11.4 Å². The van der Waals surface area contributed by atoms with E-state index in [2.05, 4.69) is 4.98 Å². The second-order valence-corrected chi connectivity index (χ2v) is 6.84. The third kappa shape index (κ3) is 2.09. The average Bonchev–Trinajstić information content (AvgIpc) is 3.11. The van der Waals surface area contributed by atoms with Crippen molar-refractivity contribution in [1.82, 2.24) is 8.96 Å². The van der Waals surface area contributed by atoms with Gasteiger partial charge in [0.05, 0.1) is 0 Å². The van der Waals surface area contributed by atoms with Gasteiger partial charge in [0.2, 0.25) is 0 Å². The Balaban J connectivity index is 2.17. The lowest BCUT2D eigenvalue weighted by molar-refractivity contribution is 0.590. The quantitative estimate of drug-likeness (QED) is 0.745. The van der Waals surface area contributed by atoms with E-state index in [1.807, 2.05) is 30.3 Å². The normalized spacial score (nSPS) is 11.6. The number of hydrogen-bond acceptors (Lipinski definition) is 4. The van der Waals surface area contributed by atoms with E-state index in [0.717, 1.165) is 5.56 Å². The van der Waals surface area contributed by atoms with E-state index in [0.29, 0.717) is 10.0 Å². The average molecular weight is 290 g/mol. The van der Waals surface area contributed by atoms with Crippen LogP contribution in [-0.2, 0) is 10.0 Å². The molecule has 0 amide bonds. The molecule has 0 aliphatic rings. The molecule has 0 aliphatic heterocycles. The Morgan fingerprint density at radius 2 is 1.84 bits per heavy atom. The Kier molecular flexibility index (Phi) is 2.96. The molecule has 2 heterocycles. The predicted molar refractivity (Wildman–Crippen MR) is 74.6 cm³/mol. The molecule has 0 aliphatic carbocycles. The van der Waals surface area contributed by atoms with Gasteiger partial charge in [-0.1, -0.05) is 36.4 Å². The minimum absolute atomic E-state index is 0.308. The van der Waals surface area contributed by atoms with Crippen molar-refractivity contribution in [2.75, 3.05) is 0 Å². The molecule has 3 rings (SSSR count). The highest BCUT2D eigenvalue weighted by Crippen LogP contribution is 2.24. The SMILES string of the molecule is O=S(=O)(c1cccs1)n1ccnc1-c1ccccc1. The van der Waals surface area contributed by atoms with Crippen molar-refractivity contribution in [3.05, 3.63) is 60.2 Å². The molecular weight excluding hydrogens is 280 g/mol. The number of nitrogens with zero attached hydrogens (tertiary/aromatic N) is 2. The third-order valence-electron chi connectivity index (χ3n) is 2.65. The standard InChI is InChI=1S/C13H10N2O2S2/c16-19(17,12-7-4-10-18-12)15-9-8-14-13(15)11-5-2-1-3-6-11/h1-10H. The van der Waals surface area contributed by atoms with Gasteiger partial charge in [-0.2, -0.15) is 8.42 Å². The van der Waals surface area contributed by atoms with Crippen LogP contribution in [0.1, 0.15) is 0 Å². The monoisotopic (exact) mass is 290 g/mol. The number of benzene rings is 1. The number of imidazole rings is 1. The van der Waals surface area contributed by atoms with E-state index >= 15 is 0 Å². The molecule has 0 saturated carbocycles. The Labute approximate surface area is 115 Å². The molecule has 1 aromatic carbocycles. The van der Waals surface area contributed by atoms with Gasteiger partial charge in [0, 0.05) is 18.0 Å². The highest BCUT2D eigenvalue weighted by atomic mass is 32.2. The largest absolute Gasteiger partial charge is 0.278 e. The summed E-state index contributed by atoms with van der Waals surface area (Å²) in [4.78, 5) is 4.15. The van der Waals surface area contributed by atoms with Gasteiger partial charge in [0.25, 0.3) is 10.0 Å². The summed E-state index contributed by atoms with van der Waals surface area (Å²) in [6.45, 7) is 0. The molecule has 0 saturated heterocycles. The second kappa shape index (κ2) is 4.64. The van der Waals surface area contributed by atoms with E-state index in [4.69, 9.17) is 0 Å². The summed E-state index contributed by atoms with van der Waals surface area (Å²) < 4.78 is 26.5. The van der Waals surface area contributed by atoms with Gasteiger partial charge in [-0.3, -0.25) is 0 Å². The van der Waals surface area contributed by atoms with Crippen molar-refractivity contribution in [3.8, 4) is 11.4 Å². The summed E-state index contributed by atoms with van der Waals surface area (Å²) in [7, 11) is -3.56. The fourth-order valence-electron chi connectivity index (χ4n) is 1.78. The van der Waals surface area contributed by atoms with Crippen LogP contribution < -0.4 is 0 Å². The Hall–Kier alpha value is -1.92. The van der Waals surface area contributed by atoms with Crippen molar-refractivity contribution in [3.63, 3.8) is 0 Å². The molecule has 3 aromatic rings. The molecule has 0 spiro atoms. The zero-order valence-corrected chi connectivity index (χ0v) is 11.4. The van der Waals surface area contributed by atoms with Crippen molar-refractivity contribution >= 4 is 21.4 Å². The predicted octanol–water partition coefficient (Wildman–Crippen LogP) is 2.85. The van der Waals surface area contributed by atoms with Crippen molar-refractivity contribution in [2.24, 2.45) is 0 Å². The molecule has 6 heteroatoms. The van der Waals surface area contributed by atoms with Gasteiger partial charge in [-0.25, -0.2) is 8.96 Å². The zero-order valence-electron chi connectivity index (χ0n) is 9.80. The molecular formula is C13H10N2O2S2. The molecule has 96 valence electrons. The molecule has 0 radical (unpaired) electrons. The van der Waals surface area contributed by atoms with Crippen molar-refractivity contribution < 1.29 is 8.42 Å².